The summed E-state index contributed by atoms with van der Waals surface area (Å²) in [4.78, 5) is 23.0. The zero-order valence-corrected chi connectivity index (χ0v) is 13.9. The normalized spacial score (nSPS) is 13.9. The van der Waals surface area contributed by atoms with E-state index in [9.17, 15) is 4.79 Å². The molecule has 0 atom stereocenters. The van der Waals surface area contributed by atoms with Crippen molar-refractivity contribution >= 4 is 29.1 Å². The lowest BCUT2D eigenvalue weighted by molar-refractivity contribution is 0.0733. The Morgan fingerprint density at radius 3 is 2.73 bits per heavy atom. The van der Waals surface area contributed by atoms with Gasteiger partial charge in [0.1, 0.15) is 6.33 Å². The van der Waals surface area contributed by atoms with Crippen LogP contribution in [0.15, 0.2) is 18.5 Å². The molecule has 1 aromatic heterocycles. The van der Waals surface area contributed by atoms with Crippen LogP contribution in [-0.4, -0.2) is 27.3 Å². The van der Waals surface area contributed by atoms with E-state index in [1.165, 1.54) is 0 Å². The van der Waals surface area contributed by atoms with E-state index < -0.39 is 0 Å². The van der Waals surface area contributed by atoms with Crippen LogP contribution in [0.4, 0.5) is 0 Å². The minimum atomic E-state index is -0.110. The van der Waals surface area contributed by atoms with Crippen LogP contribution in [0.2, 0.25) is 10.0 Å². The van der Waals surface area contributed by atoms with Crippen molar-refractivity contribution in [1.29, 1.82) is 0 Å². The average Bonchev–Trinajstić information content (AvgIpc) is 2.52. The molecule has 0 unspecified atom stereocenters. The number of aryl methyl sites for hydroxylation is 2. The molecule has 0 saturated heterocycles. The molecule has 0 radical (unpaired) electrons. The number of nitrogens with zero attached hydrogens (tertiary/aromatic N) is 3. The van der Waals surface area contributed by atoms with Gasteiger partial charge in [-0.05, 0) is 25.5 Å². The van der Waals surface area contributed by atoms with Gasteiger partial charge in [0, 0.05) is 30.8 Å². The van der Waals surface area contributed by atoms with E-state index in [0.29, 0.717) is 28.7 Å². The number of benzene rings is 1. The minimum absolute atomic E-state index is 0.110. The van der Waals surface area contributed by atoms with Crippen molar-refractivity contribution in [2.75, 3.05) is 6.54 Å². The summed E-state index contributed by atoms with van der Waals surface area (Å²) in [5.41, 5.74) is 4.25. The van der Waals surface area contributed by atoms with E-state index in [0.717, 1.165) is 28.9 Å². The predicted octanol–water partition coefficient (Wildman–Crippen LogP) is 3.60. The number of hydrogen-bond donors (Lipinski definition) is 0. The lowest BCUT2D eigenvalue weighted by atomic mass is 10.0. The molecule has 0 fully saturated rings. The Bertz CT molecular complexity index is 761. The third-order valence-corrected chi connectivity index (χ3v) is 4.99. The van der Waals surface area contributed by atoms with Crippen molar-refractivity contribution < 1.29 is 4.79 Å². The van der Waals surface area contributed by atoms with Crippen LogP contribution in [0.3, 0.4) is 0 Å². The number of amides is 1. The quantitative estimate of drug-likeness (QED) is 0.799. The second-order valence-electron chi connectivity index (χ2n) is 5.42. The van der Waals surface area contributed by atoms with Crippen LogP contribution in [0, 0.1) is 13.8 Å². The van der Waals surface area contributed by atoms with Gasteiger partial charge in [0.05, 0.1) is 21.3 Å². The van der Waals surface area contributed by atoms with Crippen LogP contribution in [0.5, 0.6) is 0 Å². The molecule has 1 aromatic carbocycles. The second kappa shape index (κ2) is 5.86. The van der Waals surface area contributed by atoms with E-state index in [4.69, 9.17) is 23.2 Å². The first kappa shape index (κ1) is 15.3. The zero-order chi connectivity index (χ0) is 15.9. The number of rotatable bonds is 1. The Balaban J connectivity index is 1.92. The lowest BCUT2D eigenvalue weighted by Crippen LogP contribution is -2.37. The zero-order valence-electron chi connectivity index (χ0n) is 12.4. The Morgan fingerprint density at radius 1 is 1.18 bits per heavy atom. The lowest BCUT2D eigenvalue weighted by Gasteiger charge is -2.29. The predicted molar refractivity (Wildman–Crippen MR) is 86.4 cm³/mol. The summed E-state index contributed by atoms with van der Waals surface area (Å²) in [6.45, 7) is 4.91. The molecule has 22 heavy (non-hydrogen) atoms. The summed E-state index contributed by atoms with van der Waals surface area (Å²) in [6.07, 6.45) is 2.30. The number of carbonyl (C=O) groups is 1. The smallest absolute Gasteiger partial charge is 0.255 e. The first-order valence-corrected chi connectivity index (χ1v) is 7.78. The summed E-state index contributed by atoms with van der Waals surface area (Å²) in [7, 11) is 0. The minimum Gasteiger partial charge on any atom is -0.334 e. The standard InChI is InChI=1S/C16H15Cl2N3O/c1-9-3-4-11(15(18)14(9)17)16(22)21-6-5-13-12(7-21)10(2)19-8-20-13/h3-4,8H,5-7H2,1-2H3. The first-order valence-electron chi connectivity index (χ1n) is 7.02. The molecule has 0 spiro atoms. The molecule has 0 N–H and O–H groups in total. The molecular weight excluding hydrogens is 321 g/mol. The van der Waals surface area contributed by atoms with Crippen LogP contribution in [0.25, 0.3) is 0 Å². The van der Waals surface area contributed by atoms with E-state index in [-0.39, 0.29) is 5.91 Å². The second-order valence-corrected chi connectivity index (χ2v) is 6.17. The van der Waals surface area contributed by atoms with Gasteiger partial charge in [-0.25, -0.2) is 9.97 Å². The highest BCUT2D eigenvalue weighted by Gasteiger charge is 2.26. The largest absolute Gasteiger partial charge is 0.334 e. The maximum Gasteiger partial charge on any atom is 0.255 e. The first-order chi connectivity index (χ1) is 10.5. The summed E-state index contributed by atoms with van der Waals surface area (Å²) >= 11 is 12.4. The van der Waals surface area contributed by atoms with Gasteiger partial charge in [-0.3, -0.25) is 4.79 Å². The molecule has 1 amide bonds. The Kier molecular flexibility index (Phi) is 4.06. The van der Waals surface area contributed by atoms with Gasteiger partial charge in [0.15, 0.2) is 0 Å². The molecular formula is C16H15Cl2N3O. The van der Waals surface area contributed by atoms with Gasteiger partial charge in [0.25, 0.3) is 5.91 Å². The molecule has 3 rings (SSSR count). The van der Waals surface area contributed by atoms with Crippen LogP contribution < -0.4 is 0 Å². The van der Waals surface area contributed by atoms with Crippen LogP contribution in [-0.2, 0) is 13.0 Å². The van der Waals surface area contributed by atoms with Crippen molar-refractivity contribution in [2.45, 2.75) is 26.8 Å². The van der Waals surface area contributed by atoms with Crippen molar-refractivity contribution in [1.82, 2.24) is 14.9 Å². The van der Waals surface area contributed by atoms with Crippen LogP contribution in [0.1, 0.15) is 32.9 Å². The van der Waals surface area contributed by atoms with E-state index >= 15 is 0 Å². The van der Waals surface area contributed by atoms with Gasteiger partial charge in [-0.15, -0.1) is 0 Å². The Morgan fingerprint density at radius 2 is 1.95 bits per heavy atom. The SMILES string of the molecule is Cc1ccc(C(=O)N2CCc3ncnc(C)c3C2)c(Cl)c1Cl. The third-order valence-electron chi connectivity index (χ3n) is 4.01. The van der Waals surface area contributed by atoms with Crippen molar-refractivity contribution in [3.8, 4) is 0 Å². The maximum atomic E-state index is 12.7. The molecule has 0 aliphatic carbocycles. The fourth-order valence-electron chi connectivity index (χ4n) is 2.64. The molecule has 0 bridgehead atoms. The van der Waals surface area contributed by atoms with E-state index in [1.807, 2.05) is 19.9 Å². The highest BCUT2D eigenvalue weighted by molar-refractivity contribution is 6.44. The van der Waals surface area contributed by atoms with Gasteiger partial charge in [-0.2, -0.15) is 0 Å². The number of fused-ring (bicyclic) bond motifs is 1. The molecule has 114 valence electrons. The summed E-state index contributed by atoms with van der Waals surface area (Å²) in [5, 5.41) is 0.753. The molecule has 2 heterocycles. The van der Waals surface area contributed by atoms with Gasteiger partial charge in [-0.1, -0.05) is 29.3 Å². The molecule has 0 saturated carbocycles. The average molecular weight is 336 g/mol. The Labute approximate surface area is 139 Å². The Hall–Kier alpha value is -1.65. The number of halogens is 2. The topological polar surface area (TPSA) is 46.1 Å². The highest BCUT2D eigenvalue weighted by Crippen LogP contribution is 2.31. The van der Waals surface area contributed by atoms with Gasteiger partial charge < -0.3 is 4.90 Å². The van der Waals surface area contributed by atoms with E-state index in [1.54, 1.807) is 17.3 Å². The number of aromatic nitrogens is 2. The monoisotopic (exact) mass is 335 g/mol. The van der Waals surface area contributed by atoms with Crippen LogP contribution >= 0.6 is 23.2 Å². The van der Waals surface area contributed by atoms with E-state index in [2.05, 4.69) is 9.97 Å². The number of carbonyl (C=O) groups excluding carboxylic acids is 1. The summed E-state index contributed by atoms with van der Waals surface area (Å²) in [6, 6.07) is 3.55. The fraction of sp³-hybridized carbons (Fsp3) is 0.312. The number of hydrogen-bond acceptors (Lipinski definition) is 3. The molecule has 1 aliphatic heterocycles. The fourth-order valence-corrected chi connectivity index (χ4v) is 3.09. The van der Waals surface area contributed by atoms with Crippen molar-refractivity contribution in [2.24, 2.45) is 0 Å². The molecule has 4 nitrogen and oxygen atoms in total. The summed E-state index contributed by atoms with van der Waals surface area (Å²) in [5.74, 6) is -0.110. The summed E-state index contributed by atoms with van der Waals surface area (Å²) < 4.78 is 0. The van der Waals surface area contributed by atoms with Gasteiger partial charge >= 0.3 is 0 Å². The van der Waals surface area contributed by atoms with Gasteiger partial charge in [0.2, 0.25) is 0 Å². The van der Waals surface area contributed by atoms with Crippen molar-refractivity contribution in [3.63, 3.8) is 0 Å². The maximum absolute atomic E-state index is 12.7. The molecule has 2 aromatic rings. The van der Waals surface area contributed by atoms with Crippen molar-refractivity contribution in [3.05, 3.63) is 56.6 Å². The molecule has 1 aliphatic rings. The highest BCUT2D eigenvalue weighted by atomic mass is 35.5. The third kappa shape index (κ3) is 2.57. The molecule has 6 heteroatoms.